The molecule has 0 saturated carbocycles. The van der Waals surface area contributed by atoms with Crippen LogP contribution in [0.5, 0.6) is 0 Å². The predicted molar refractivity (Wildman–Crippen MR) is 124 cm³/mol. The molecule has 1 heterocycles. The van der Waals surface area contributed by atoms with Crippen LogP contribution in [-0.2, 0) is 16.2 Å². The average Bonchev–Trinajstić information content (AvgIpc) is 3.11. The van der Waals surface area contributed by atoms with Gasteiger partial charge in [-0.25, -0.2) is 22.2 Å². The van der Waals surface area contributed by atoms with Gasteiger partial charge in [0.1, 0.15) is 11.5 Å². The van der Waals surface area contributed by atoms with E-state index < -0.39 is 39.1 Å². The zero-order valence-corrected chi connectivity index (χ0v) is 19.8. The number of rotatable bonds is 4. The summed E-state index contributed by atoms with van der Waals surface area (Å²) in [4.78, 5) is 12.1. The molecule has 35 heavy (non-hydrogen) atoms. The van der Waals surface area contributed by atoms with Crippen molar-refractivity contribution in [3.05, 3.63) is 81.6 Å². The molecule has 6 nitrogen and oxygen atoms in total. The lowest BCUT2D eigenvalue weighted by atomic mass is 10.1. The second-order valence-electron chi connectivity index (χ2n) is 7.48. The first-order valence-corrected chi connectivity index (χ1v) is 12.3. The summed E-state index contributed by atoms with van der Waals surface area (Å²) in [7, 11) is -3.95. The number of carbonyl (C=O) groups is 1. The molecular weight excluding hydrogens is 533 g/mol. The van der Waals surface area contributed by atoms with E-state index in [-0.39, 0.29) is 16.4 Å². The van der Waals surface area contributed by atoms with Gasteiger partial charge in [-0.15, -0.1) is 0 Å². The third kappa shape index (κ3) is 5.12. The van der Waals surface area contributed by atoms with Gasteiger partial charge < -0.3 is 0 Å². The van der Waals surface area contributed by atoms with Crippen LogP contribution in [0.4, 0.5) is 17.6 Å². The van der Waals surface area contributed by atoms with Crippen LogP contribution in [0, 0.1) is 5.82 Å². The van der Waals surface area contributed by atoms with Crippen LogP contribution in [0.15, 0.2) is 54.6 Å². The minimum absolute atomic E-state index is 0.00514. The Morgan fingerprint density at radius 3 is 2.29 bits per heavy atom. The van der Waals surface area contributed by atoms with Crippen molar-refractivity contribution < 1.29 is 30.8 Å². The summed E-state index contributed by atoms with van der Waals surface area (Å²) in [5, 5.41) is 5.07. The molecule has 182 valence electrons. The molecule has 4 rings (SSSR count). The molecule has 0 spiro atoms. The third-order valence-corrected chi connectivity index (χ3v) is 6.01. The quantitative estimate of drug-likeness (QED) is 0.326. The first-order chi connectivity index (χ1) is 16.2. The first kappa shape index (κ1) is 25.0. The van der Waals surface area contributed by atoms with E-state index in [4.69, 9.17) is 23.2 Å². The fourth-order valence-electron chi connectivity index (χ4n) is 3.40. The van der Waals surface area contributed by atoms with Crippen molar-refractivity contribution in [3.63, 3.8) is 0 Å². The van der Waals surface area contributed by atoms with E-state index in [0.717, 1.165) is 30.5 Å². The Hall–Kier alpha value is -3.15. The average molecular weight is 546 g/mol. The Kier molecular flexibility index (Phi) is 6.28. The topological polar surface area (TPSA) is 81.1 Å². The molecule has 0 saturated heterocycles. The molecule has 4 aromatic rings. The Morgan fingerprint density at radius 2 is 1.69 bits per heavy atom. The normalized spacial score (nSPS) is 12.2. The van der Waals surface area contributed by atoms with Crippen LogP contribution in [0.1, 0.15) is 15.9 Å². The van der Waals surface area contributed by atoms with Gasteiger partial charge in [-0.1, -0.05) is 35.3 Å². The highest BCUT2D eigenvalue weighted by Crippen LogP contribution is 2.36. The highest BCUT2D eigenvalue weighted by atomic mass is 35.5. The molecule has 0 aliphatic rings. The van der Waals surface area contributed by atoms with Gasteiger partial charge in [0.25, 0.3) is 5.91 Å². The van der Waals surface area contributed by atoms with Gasteiger partial charge in [0.2, 0.25) is 10.0 Å². The highest BCUT2D eigenvalue weighted by Gasteiger charge is 2.30. The molecule has 1 N–H and O–H groups in total. The second kappa shape index (κ2) is 8.81. The molecule has 0 aliphatic carbocycles. The number of carbonyl (C=O) groups excluding carboxylic acids is 1. The first-order valence-electron chi connectivity index (χ1n) is 9.62. The Morgan fingerprint density at radius 1 is 1.03 bits per heavy atom. The maximum Gasteiger partial charge on any atom is 0.416 e. The fourth-order valence-corrected chi connectivity index (χ4v) is 4.26. The number of fused-ring (bicyclic) bond motifs is 1. The summed E-state index contributed by atoms with van der Waals surface area (Å²) in [6, 6.07) is 10.8. The third-order valence-electron chi connectivity index (χ3n) is 4.91. The molecule has 1 aromatic heterocycles. The highest BCUT2D eigenvalue weighted by molar-refractivity contribution is 7.89. The Balaban J connectivity index is 1.87. The molecule has 0 aliphatic heterocycles. The van der Waals surface area contributed by atoms with Crippen LogP contribution in [-0.4, -0.2) is 30.4 Å². The Labute approximate surface area is 206 Å². The molecule has 0 unspecified atom stereocenters. The summed E-state index contributed by atoms with van der Waals surface area (Å²) >= 11 is 12.4. The Bertz CT molecular complexity index is 1580. The van der Waals surface area contributed by atoms with Crippen LogP contribution in [0.25, 0.3) is 27.8 Å². The summed E-state index contributed by atoms with van der Waals surface area (Å²) < 4.78 is 79.2. The summed E-state index contributed by atoms with van der Waals surface area (Å²) in [5.74, 6) is -2.28. The van der Waals surface area contributed by atoms with E-state index in [2.05, 4.69) is 5.10 Å². The second-order valence-corrected chi connectivity index (χ2v) is 10.1. The number of halogens is 6. The number of hydrogen-bond donors (Lipinski definition) is 1. The monoisotopic (exact) mass is 545 g/mol. The van der Waals surface area contributed by atoms with Gasteiger partial charge >= 0.3 is 6.18 Å². The number of nitrogens with one attached hydrogen (secondary N) is 1. The van der Waals surface area contributed by atoms with Gasteiger partial charge in [-0.05, 0) is 36.4 Å². The molecule has 0 atom stereocenters. The molecule has 0 bridgehead atoms. The van der Waals surface area contributed by atoms with Crippen molar-refractivity contribution in [2.45, 2.75) is 6.18 Å². The van der Waals surface area contributed by atoms with Crippen molar-refractivity contribution in [3.8, 4) is 16.9 Å². The number of benzene rings is 3. The fraction of sp³-hybridized carbons (Fsp3) is 0.0909. The summed E-state index contributed by atoms with van der Waals surface area (Å²) in [5.41, 5.74) is -0.441. The number of aromatic nitrogens is 2. The smallest absolute Gasteiger partial charge is 0.268 e. The van der Waals surface area contributed by atoms with Crippen LogP contribution in [0.2, 0.25) is 10.0 Å². The van der Waals surface area contributed by atoms with Crippen molar-refractivity contribution >= 4 is 50.0 Å². The molecule has 13 heteroatoms. The maximum atomic E-state index is 14.8. The summed E-state index contributed by atoms with van der Waals surface area (Å²) in [6.07, 6.45) is -3.78. The van der Waals surface area contributed by atoms with Crippen molar-refractivity contribution in [1.82, 2.24) is 14.5 Å². The number of sulfonamides is 1. The summed E-state index contributed by atoms with van der Waals surface area (Å²) in [6.45, 7) is 0. The largest absolute Gasteiger partial charge is 0.416 e. The number of hydrogen-bond acceptors (Lipinski definition) is 4. The zero-order chi connectivity index (χ0) is 25.7. The van der Waals surface area contributed by atoms with E-state index in [9.17, 15) is 30.8 Å². The minimum atomic E-state index is -4.51. The van der Waals surface area contributed by atoms with E-state index in [0.29, 0.717) is 21.5 Å². The number of nitrogens with zero attached hydrogens (tertiary/aromatic N) is 2. The molecule has 0 fully saturated rings. The lowest BCUT2D eigenvalue weighted by Gasteiger charge is -2.10. The lowest BCUT2D eigenvalue weighted by Crippen LogP contribution is -2.30. The predicted octanol–water partition coefficient (Wildman–Crippen LogP) is 5.85. The molecule has 3 aromatic carbocycles. The number of alkyl halides is 3. The van der Waals surface area contributed by atoms with Gasteiger partial charge in [0.05, 0.1) is 33.6 Å². The van der Waals surface area contributed by atoms with Gasteiger partial charge in [0, 0.05) is 22.0 Å². The van der Waals surface area contributed by atoms with Crippen LogP contribution >= 0.6 is 23.2 Å². The standard InChI is InChI=1S/C22H13Cl2F4N3O3S/c1-35(33,34)30-21(32)14-9-16(24)19(10-17(14)25)31-18-7-6-13(23)8-15(18)20(29-31)11-2-4-12(5-3-11)22(26,27)28/h2-10H,1H3,(H,30,32). The van der Waals surface area contributed by atoms with Crippen molar-refractivity contribution in [2.24, 2.45) is 0 Å². The molecule has 0 radical (unpaired) electrons. The number of amides is 1. The minimum Gasteiger partial charge on any atom is -0.268 e. The van der Waals surface area contributed by atoms with E-state index in [1.165, 1.54) is 22.9 Å². The lowest BCUT2D eigenvalue weighted by molar-refractivity contribution is -0.137. The van der Waals surface area contributed by atoms with Gasteiger partial charge in [-0.2, -0.15) is 18.3 Å². The van der Waals surface area contributed by atoms with Crippen molar-refractivity contribution in [2.75, 3.05) is 6.26 Å². The van der Waals surface area contributed by atoms with E-state index in [1.54, 1.807) is 16.9 Å². The van der Waals surface area contributed by atoms with Crippen LogP contribution in [0.3, 0.4) is 0 Å². The zero-order valence-electron chi connectivity index (χ0n) is 17.5. The van der Waals surface area contributed by atoms with E-state index >= 15 is 0 Å². The molecule has 1 amide bonds. The van der Waals surface area contributed by atoms with Gasteiger partial charge in [0.15, 0.2) is 0 Å². The van der Waals surface area contributed by atoms with Crippen LogP contribution < -0.4 is 4.72 Å². The SMILES string of the molecule is CS(=O)(=O)NC(=O)c1cc(Cl)c(-n2nc(-c3ccc(C(F)(F)F)cc3)c3cc(Cl)ccc32)cc1F. The van der Waals surface area contributed by atoms with Gasteiger partial charge in [-0.3, -0.25) is 4.79 Å². The molecular formula is C22H13Cl2F4N3O3S. The van der Waals surface area contributed by atoms with Crippen molar-refractivity contribution in [1.29, 1.82) is 0 Å². The van der Waals surface area contributed by atoms with E-state index in [1.807, 2.05) is 0 Å². The maximum absolute atomic E-state index is 14.8.